The van der Waals surface area contributed by atoms with E-state index in [-0.39, 0.29) is 0 Å². The molecule has 0 aromatic heterocycles. The maximum absolute atomic E-state index is 11.7. The fourth-order valence-electron chi connectivity index (χ4n) is 1.81. The molecule has 1 aromatic rings. The van der Waals surface area contributed by atoms with Crippen molar-refractivity contribution in [2.75, 3.05) is 11.4 Å². The minimum atomic E-state index is -0.476. The van der Waals surface area contributed by atoms with E-state index in [0.29, 0.717) is 24.2 Å². The molecule has 1 aromatic carbocycles. The van der Waals surface area contributed by atoms with Crippen LogP contribution in [-0.4, -0.2) is 18.2 Å². The topological polar surface area (TPSA) is 37.4 Å². The highest BCUT2D eigenvalue weighted by Gasteiger charge is 2.35. The monoisotopic (exact) mass is 213 g/mol. The lowest BCUT2D eigenvalue weighted by molar-refractivity contribution is -0.114. The molecular weight excluding hydrogens is 202 g/mol. The fourth-order valence-corrected chi connectivity index (χ4v) is 1.81. The highest BCUT2D eigenvalue weighted by Crippen LogP contribution is 2.29. The number of benzene rings is 1. The Balaban J connectivity index is 2.43. The standard InChI is InChI=1S/C13H11NO2/c1-3-4-7-14-11-6-5-9(2)8-10(11)12(15)13(14)16/h1,5-6,8H,4,7H2,2H3. The number of hydrogen-bond acceptors (Lipinski definition) is 2. The van der Waals surface area contributed by atoms with Gasteiger partial charge in [-0.3, -0.25) is 9.59 Å². The summed E-state index contributed by atoms with van der Waals surface area (Å²) in [7, 11) is 0. The van der Waals surface area contributed by atoms with E-state index < -0.39 is 11.7 Å². The van der Waals surface area contributed by atoms with Gasteiger partial charge in [-0.05, 0) is 19.1 Å². The van der Waals surface area contributed by atoms with E-state index in [4.69, 9.17) is 6.42 Å². The second kappa shape index (κ2) is 3.82. The summed E-state index contributed by atoms with van der Waals surface area (Å²) in [5, 5.41) is 0. The van der Waals surface area contributed by atoms with Gasteiger partial charge in [0, 0.05) is 13.0 Å². The van der Waals surface area contributed by atoms with E-state index in [1.54, 1.807) is 12.1 Å². The maximum Gasteiger partial charge on any atom is 0.299 e. The van der Waals surface area contributed by atoms with E-state index in [0.717, 1.165) is 5.56 Å². The molecule has 0 unspecified atom stereocenters. The number of nitrogens with zero attached hydrogens (tertiary/aromatic N) is 1. The molecule has 0 saturated heterocycles. The molecule has 3 heteroatoms. The number of terminal acetylenes is 1. The number of amides is 1. The SMILES string of the molecule is C#CCCN1C(=O)C(=O)c2cc(C)ccc21. The molecule has 0 spiro atoms. The van der Waals surface area contributed by atoms with Gasteiger partial charge in [0.25, 0.3) is 11.7 Å². The lowest BCUT2D eigenvalue weighted by Crippen LogP contribution is -2.30. The number of carbonyl (C=O) groups excluding carboxylic acids is 2. The van der Waals surface area contributed by atoms with Crippen LogP contribution in [0.3, 0.4) is 0 Å². The number of Topliss-reactive ketones (excluding diaryl/α,β-unsaturated/α-hetero) is 1. The van der Waals surface area contributed by atoms with Crippen LogP contribution >= 0.6 is 0 Å². The average molecular weight is 213 g/mol. The first-order chi connectivity index (χ1) is 7.65. The Kier molecular flexibility index (Phi) is 2.49. The predicted molar refractivity (Wildman–Crippen MR) is 61.3 cm³/mol. The normalized spacial score (nSPS) is 13.9. The highest BCUT2D eigenvalue weighted by molar-refractivity contribution is 6.52. The van der Waals surface area contributed by atoms with Crippen LogP contribution < -0.4 is 4.90 Å². The van der Waals surface area contributed by atoms with Gasteiger partial charge in [-0.25, -0.2) is 0 Å². The first-order valence-electron chi connectivity index (χ1n) is 5.05. The molecule has 80 valence electrons. The van der Waals surface area contributed by atoms with Crippen LogP contribution in [0.2, 0.25) is 0 Å². The summed E-state index contributed by atoms with van der Waals surface area (Å²) < 4.78 is 0. The average Bonchev–Trinajstić information content (AvgIpc) is 2.50. The minimum Gasteiger partial charge on any atom is -0.304 e. The number of hydrogen-bond donors (Lipinski definition) is 0. The molecule has 0 saturated carbocycles. The summed E-state index contributed by atoms with van der Waals surface area (Å²) >= 11 is 0. The molecule has 0 N–H and O–H groups in total. The molecule has 0 atom stereocenters. The quantitative estimate of drug-likeness (QED) is 0.552. The van der Waals surface area contributed by atoms with E-state index >= 15 is 0 Å². The second-order valence-corrected chi connectivity index (χ2v) is 3.76. The lowest BCUT2D eigenvalue weighted by Gasteiger charge is -2.14. The summed E-state index contributed by atoms with van der Waals surface area (Å²) in [5.74, 6) is 1.56. The summed E-state index contributed by atoms with van der Waals surface area (Å²) in [5.41, 5.74) is 2.14. The van der Waals surface area contributed by atoms with Crippen molar-refractivity contribution in [1.82, 2.24) is 0 Å². The van der Waals surface area contributed by atoms with Gasteiger partial charge in [0.05, 0.1) is 11.3 Å². The minimum absolute atomic E-state index is 0.400. The Morgan fingerprint density at radius 1 is 1.38 bits per heavy atom. The maximum atomic E-state index is 11.7. The van der Waals surface area contributed by atoms with Gasteiger partial charge >= 0.3 is 0 Å². The number of rotatable bonds is 2. The first-order valence-corrected chi connectivity index (χ1v) is 5.05. The van der Waals surface area contributed by atoms with Crippen LogP contribution in [0.25, 0.3) is 0 Å². The van der Waals surface area contributed by atoms with E-state index in [9.17, 15) is 9.59 Å². The van der Waals surface area contributed by atoms with Crippen LogP contribution in [0.4, 0.5) is 5.69 Å². The summed E-state index contributed by atoms with van der Waals surface area (Å²) in [4.78, 5) is 24.8. The van der Waals surface area contributed by atoms with Gasteiger partial charge in [0.15, 0.2) is 0 Å². The molecule has 3 nitrogen and oxygen atoms in total. The van der Waals surface area contributed by atoms with Crippen LogP contribution in [0.5, 0.6) is 0 Å². The van der Waals surface area contributed by atoms with E-state index in [2.05, 4.69) is 5.92 Å². The van der Waals surface area contributed by atoms with Crippen molar-refractivity contribution in [1.29, 1.82) is 0 Å². The van der Waals surface area contributed by atoms with Gasteiger partial charge in [0.1, 0.15) is 0 Å². The lowest BCUT2D eigenvalue weighted by atomic mass is 10.1. The van der Waals surface area contributed by atoms with Crippen molar-refractivity contribution in [3.05, 3.63) is 29.3 Å². The van der Waals surface area contributed by atoms with Crippen molar-refractivity contribution < 1.29 is 9.59 Å². The van der Waals surface area contributed by atoms with Crippen LogP contribution in [-0.2, 0) is 4.79 Å². The van der Waals surface area contributed by atoms with Gasteiger partial charge < -0.3 is 4.90 Å². The molecule has 1 amide bonds. The Bertz CT molecular complexity index is 511. The zero-order valence-corrected chi connectivity index (χ0v) is 8.99. The highest BCUT2D eigenvalue weighted by atomic mass is 16.2. The third kappa shape index (κ3) is 1.49. The van der Waals surface area contributed by atoms with Crippen molar-refractivity contribution in [2.24, 2.45) is 0 Å². The third-order valence-electron chi connectivity index (χ3n) is 2.61. The van der Waals surface area contributed by atoms with Crippen molar-refractivity contribution in [2.45, 2.75) is 13.3 Å². The molecule has 1 aliphatic rings. The Morgan fingerprint density at radius 2 is 2.12 bits per heavy atom. The number of anilines is 1. The zero-order valence-electron chi connectivity index (χ0n) is 8.99. The molecule has 0 radical (unpaired) electrons. The number of aryl methyl sites for hydroxylation is 1. The molecule has 0 aliphatic carbocycles. The van der Waals surface area contributed by atoms with Gasteiger partial charge in [-0.1, -0.05) is 11.6 Å². The van der Waals surface area contributed by atoms with Crippen molar-refractivity contribution in [3.8, 4) is 12.3 Å². The van der Waals surface area contributed by atoms with Crippen LogP contribution in [0.1, 0.15) is 22.3 Å². The number of carbonyl (C=O) groups is 2. The summed E-state index contributed by atoms with van der Waals surface area (Å²) in [6.45, 7) is 2.29. The van der Waals surface area contributed by atoms with E-state index in [1.807, 2.05) is 13.0 Å². The molecule has 2 rings (SSSR count). The van der Waals surface area contributed by atoms with Crippen LogP contribution in [0, 0.1) is 19.3 Å². The zero-order chi connectivity index (χ0) is 11.7. The van der Waals surface area contributed by atoms with Gasteiger partial charge in [0.2, 0.25) is 0 Å². The summed E-state index contributed by atoms with van der Waals surface area (Å²) in [6, 6.07) is 5.42. The van der Waals surface area contributed by atoms with E-state index in [1.165, 1.54) is 4.90 Å². The largest absolute Gasteiger partial charge is 0.304 e. The number of ketones is 1. The van der Waals surface area contributed by atoms with Crippen LogP contribution in [0.15, 0.2) is 18.2 Å². The summed E-state index contributed by atoms with van der Waals surface area (Å²) in [6.07, 6.45) is 5.61. The fraction of sp³-hybridized carbons (Fsp3) is 0.231. The van der Waals surface area contributed by atoms with Crippen molar-refractivity contribution >= 4 is 17.4 Å². The predicted octanol–water partition coefficient (Wildman–Crippen LogP) is 1.55. The third-order valence-corrected chi connectivity index (χ3v) is 2.61. The molecule has 1 aliphatic heterocycles. The molecule has 16 heavy (non-hydrogen) atoms. The van der Waals surface area contributed by atoms with Crippen molar-refractivity contribution in [3.63, 3.8) is 0 Å². The Morgan fingerprint density at radius 3 is 2.81 bits per heavy atom. The van der Waals surface area contributed by atoms with Gasteiger partial charge in [-0.2, -0.15) is 0 Å². The molecular formula is C13H11NO2. The molecule has 0 bridgehead atoms. The molecule has 0 fully saturated rings. The smallest absolute Gasteiger partial charge is 0.299 e. The van der Waals surface area contributed by atoms with Gasteiger partial charge in [-0.15, -0.1) is 12.3 Å². The Labute approximate surface area is 94.1 Å². The second-order valence-electron chi connectivity index (χ2n) is 3.76. The first kappa shape index (κ1) is 10.4. The molecule has 1 heterocycles. The Hall–Kier alpha value is -2.08. The number of fused-ring (bicyclic) bond motifs is 1.